The largest absolute Gasteiger partial charge is 0.490 e. The Kier molecular flexibility index (Phi) is 3.46. The zero-order chi connectivity index (χ0) is 12.5. The van der Waals surface area contributed by atoms with Crippen molar-refractivity contribution in [3.8, 4) is 5.75 Å². The van der Waals surface area contributed by atoms with Crippen LogP contribution in [0.5, 0.6) is 5.75 Å². The molecule has 1 aromatic rings. The molecule has 0 radical (unpaired) electrons. The van der Waals surface area contributed by atoms with Crippen molar-refractivity contribution in [1.29, 1.82) is 0 Å². The van der Waals surface area contributed by atoms with Crippen molar-refractivity contribution in [3.05, 3.63) is 28.8 Å². The molecule has 2 N–H and O–H groups in total. The molecule has 1 aromatic carbocycles. The van der Waals surface area contributed by atoms with E-state index in [9.17, 15) is 0 Å². The first-order valence-corrected chi connectivity index (χ1v) is 6.91. The quantitative estimate of drug-likeness (QED) is 0.851. The lowest BCUT2D eigenvalue weighted by atomic mass is 9.86. The minimum atomic E-state index is 0.0281. The van der Waals surface area contributed by atoms with Crippen molar-refractivity contribution in [1.82, 2.24) is 0 Å². The number of benzene rings is 1. The average molecular weight is 268 g/mol. The Balaban J connectivity index is 1.80. The second kappa shape index (κ2) is 5.08. The van der Waals surface area contributed by atoms with Crippen molar-refractivity contribution >= 4 is 11.6 Å². The Hall–Kier alpha value is -0.770. The van der Waals surface area contributed by atoms with Gasteiger partial charge in [-0.15, -0.1) is 0 Å². The SMILES string of the molecule is N[C@H]1CC(C2CCOCC2)Oc2ccc(Cl)cc21. The molecular weight excluding hydrogens is 250 g/mol. The second-order valence-electron chi connectivity index (χ2n) is 5.13. The topological polar surface area (TPSA) is 44.5 Å². The zero-order valence-corrected chi connectivity index (χ0v) is 11.0. The summed E-state index contributed by atoms with van der Waals surface area (Å²) in [5, 5.41) is 0.720. The van der Waals surface area contributed by atoms with Gasteiger partial charge in [-0.2, -0.15) is 0 Å². The summed E-state index contributed by atoms with van der Waals surface area (Å²) >= 11 is 6.00. The summed E-state index contributed by atoms with van der Waals surface area (Å²) in [5.41, 5.74) is 7.28. The van der Waals surface area contributed by atoms with E-state index in [0.29, 0.717) is 5.92 Å². The highest BCUT2D eigenvalue weighted by atomic mass is 35.5. The van der Waals surface area contributed by atoms with Gasteiger partial charge in [0.1, 0.15) is 11.9 Å². The number of rotatable bonds is 1. The monoisotopic (exact) mass is 267 g/mol. The Bertz CT molecular complexity index is 432. The third-order valence-electron chi connectivity index (χ3n) is 3.93. The molecule has 98 valence electrons. The number of fused-ring (bicyclic) bond motifs is 1. The lowest BCUT2D eigenvalue weighted by Crippen LogP contribution is -2.37. The van der Waals surface area contributed by atoms with E-state index in [1.54, 1.807) is 0 Å². The third kappa shape index (κ3) is 2.35. The van der Waals surface area contributed by atoms with E-state index in [0.717, 1.165) is 48.8 Å². The van der Waals surface area contributed by atoms with Crippen LogP contribution < -0.4 is 10.5 Å². The molecule has 18 heavy (non-hydrogen) atoms. The van der Waals surface area contributed by atoms with Crippen LogP contribution in [-0.2, 0) is 4.74 Å². The molecule has 0 bridgehead atoms. The van der Waals surface area contributed by atoms with E-state index >= 15 is 0 Å². The third-order valence-corrected chi connectivity index (χ3v) is 4.16. The van der Waals surface area contributed by atoms with Crippen molar-refractivity contribution < 1.29 is 9.47 Å². The first-order chi connectivity index (χ1) is 8.74. The highest BCUT2D eigenvalue weighted by Crippen LogP contribution is 2.38. The molecule has 1 fully saturated rings. The van der Waals surface area contributed by atoms with Gasteiger partial charge in [-0.1, -0.05) is 11.6 Å². The highest BCUT2D eigenvalue weighted by molar-refractivity contribution is 6.30. The Morgan fingerprint density at radius 1 is 1.22 bits per heavy atom. The van der Waals surface area contributed by atoms with Crippen LogP contribution in [0.1, 0.15) is 30.9 Å². The van der Waals surface area contributed by atoms with Crippen molar-refractivity contribution in [2.75, 3.05) is 13.2 Å². The van der Waals surface area contributed by atoms with Crippen LogP contribution >= 0.6 is 11.6 Å². The van der Waals surface area contributed by atoms with Crippen LogP contribution in [0.4, 0.5) is 0 Å². The summed E-state index contributed by atoms with van der Waals surface area (Å²) in [6, 6.07) is 5.74. The van der Waals surface area contributed by atoms with Crippen LogP contribution in [0, 0.1) is 5.92 Å². The number of hydrogen-bond donors (Lipinski definition) is 1. The van der Waals surface area contributed by atoms with Gasteiger partial charge in [-0.05, 0) is 31.0 Å². The molecule has 0 saturated carbocycles. The van der Waals surface area contributed by atoms with E-state index < -0.39 is 0 Å². The van der Waals surface area contributed by atoms with E-state index in [1.165, 1.54) is 0 Å². The van der Waals surface area contributed by atoms with E-state index in [1.807, 2.05) is 18.2 Å². The zero-order valence-electron chi connectivity index (χ0n) is 10.3. The lowest BCUT2D eigenvalue weighted by molar-refractivity contribution is 0.00730. The van der Waals surface area contributed by atoms with Gasteiger partial charge >= 0.3 is 0 Å². The van der Waals surface area contributed by atoms with E-state index in [2.05, 4.69) is 0 Å². The number of ether oxygens (including phenoxy) is 2. The molecule has 1 unspecified atom stereocenters. The van der Waals surface area contributed by atoms with Gasteiger partial charge in [0.05, 0.1) is 0 Å². The fourth-order valence-corrected chi connectivity index (χ4v) is 3.06. The lowest BCUT2D eigenvalue weighted by Gasteiger charge is -2.36. The van der Waals surface area contributed by atoms with Gasteiger partial charge < -0.3 is 15.2 Å². The van der Waals surface area contributed by atoms with Gasteiger partial charge in [0.25, 0.3) is 0 Å². The number of nitrogens with two attached hydrogens (primary N) is 1. The molecule has 0 aromatic heterocycles. The molecule has 0 aliphatic carbocycles. The Morgan fingerprint density at radius 2 is 2.00 bits per heavy atom. The minimum absolute atomic E-state index is 0.0281. The summed E-state index contributed by atoms with van der Waals surface area (Å²) in [6.07, 6.45) is 3.23. The van der Waals surface area contributed by atoms with E-state index in [4.69, 9.17) is 26.8 Å². The first kappa shape index (κ1) is 12.3. The van der Waals surface area contributed by atoms with Crippen LogP contribution in [0.25, 0.3) is 0 Å². The molecule has 2 heterocycles. The predicted octanol–water partition coefficient (Wildman–Crippen LogP) is 2.92. The molecule has 3 rings (SSSR count). The molecule has 2 atom stereocenters. The van der Waals surface area contributed by atoms with Crippen LogP contribution in [-0.4, -0.2) is 19.3 Å². The molecule has 3 nitrogen and oxygen atoms in total. The van der Waals surface area contributed by atoms with Gasteiger partial charge in [0.15, 0.2) is 0 Å². The normalized spacial score (nSPS) is 28.6. The molecule has 4 heteroatoms. The first-order valence-electron chi connectivity index (χ1n) is 6.53. The van der Waals surface area contributed by atoms with Crippen LogP contribution in [0.2, 0.25) is 5.02 Å². The van der Waals surface area contributed by atoms with Crippen molar-refractivity contribution in [2.45, 2.75) is 31.4 Å². The van der Waals surface area contributed by atoms with Gasteiger partial charge in [-0.3, -0.25) is 0 Å². The molecule has 2 aliphatic heterocycles. The van der Waals surface area contributed by atoms with Crippen LogP contribution in [0.15, 0.2) is 18.2 Å². The molecular formula is C14H18ClNO2. The molecule has 0 amide bonds. The maximum atomic E-state index is 6.24. The Labute approximate surface area is 112 Å². The Morgan fingerprint density at radius 3 is 2.78 bits per heavy atom. The molecule has 0 spiro atoms. The summed E-state index contributed by atoms with van der Waals surface area (Å²) in [5.74, 6) is 1.46. The maximum absolute atomic E-state index is 6.24. The van der Waals surface area contributed by atoms with Crippen molar-refractivity contribution in [3.63, 3.8) is 0 Å². The second-order valence-corrected chi connectivity index (χ2v) is 5.57. The smallest absolute Gasteiger partial charge is 0.124 e. The summed E-state index contributed by atoms with van der Waals surface area (Å²) < 4.78 is 11.5. The van der Waals surface area contributed by atoms with Gasteiger partial charge in [0, 0.05) is 42.2 Å². The summed E-state index contributed by atoms with van der Waals surface area (Å²) in [7, 11) is 0. The predicted molar refractivity (Wildman–Crippen MR) is 71.0 cm³/mol. The maximum Gasteiger partial charge on any atom is 0.124 e. The van der Waals surface area contributed by atoms with Crippen molar-refractivity contribution in [2.24, 2.45) is 11.7 Å². The summed E-state index contributed by atoms with van der Waals surface area (Å²) in [6.45, 7) is 1.68. The summed E-state index contributed by atoms with van der Waals surface area (Å²) in [4.78, 5) is 0. The number of hydrogen-bond acceptors (Lipinski definition) is 3. The van der Waals surface area contributed by atoms with E-state index in [-0.39, 0.29) is 12.1 Å². The van der Waals surface area contributed by atoms with Crippen LogP contribution in [0.3, 0.4) is 0 Å². The fraction of sp³-hybridized carbons (Fsp3) is 0.571. The highest BCUT2D eigenvalue weighted by Gasteiger charge is 2.32. The molecule has 1 saturated heterocycles. The van der Waals surface area contributed by atoms with Gasteiger partial charge in [0.2, 0.25) is 0 Å². The minimum Gasteiger partial charge on any atom is -0.490 e. The molecule has 2 aliphatic rings. The average Bonchev–Trinajstić information content (AvgIpc) is 2.40. The van der Waals surface area contributed by atoms with Gasteiger partial charge in [-0.25, -0.2) is 0 Å². The number of halogens is 1. The standard InChI is InChI=1S/C14H18ClNO2/c15-10-1-2-13-11(7-10)12(16)8-14(18-13)9-3-5-17-6-4-9/h1-2,7,9,12,14H,3-6,8,16H2/t12-,14?/m0/s1. The fourth-order valence-electron chi connectivity index (χ4n) is 2.88.